The van der Waals surface area contributed by atoms with Gasteiger partial charge in [0.25, 0.3) is 0 Å². The van der Waals surface area contributed by atoms with Gasteiger partial charge >= 0.3 is 0 Å². The van der Waals surface area contributed by atoms with Gasteiger partial charge in [-0.2, -0.15) is 0 Å². The van der Waals surface area contributed by atoms with Crippen molar-refractivity contribution in [1.82, 2.24) is 9.97 Å². The van der Waals surface area contributed by atoms with Crippen LogP contribution in [0.5, 0.6) is 5.75 Å². The number of hydrogen-bond donors (Lipinski definition) is 2. The molecule has 5 heteroatoms. The molecule has 3 rings (SSSR count). The number of imidazole rings is 1. The third-order valence-electron chi connectivity index (χ3n) is 3.31. The highest BCUT2D eigenvalue weighted by Crippen LogP contribution is 2.23. The van der Waals surface area contributed by atoms with Crippen LogP contribution >= 0.6 is 0 Å². The Labute approximate surface area is 121 Å². The maximum absolute atomic E-state index is 11.5. The Morgan fingerprint density at radius 3 is 2.67 bits per heavy atom. The summed E-state index contributed by atoms with van der Waals surface area (Å²) in [5, 5.41) is 8.91. The fourth-order valence-electron chi connectivity index (χ4n) is 2.16. The van der Waals surface area contributed by atoms with Crippen LogP contribution in [0, 0.1) is 0 Å². The molecule has 1 aromatic heterocycles. The third kappa shape index (κ3) is 2.51. The number of ether oxygens (including phenoxy) is 1. The molecule has 0 radical (unpaired) electrons. The predicted molar refractivity (Wildman–Crippen MR) is 79.5 cm³/mol. The van der Waals surface area contributed by atoms with E-state index >= 15 is 0 Å². The maximum atomic E-state index is 11.5. The van der Waals surface area contributed by atoms with Crippen molar-refractivity contribution in [3.8, 4) is 17.1 Å². The number of aromatic nitrogens is 2. The number of H-pyrrole nitrogens is 1. The van der Waals surface area contributed by atoms with Crippen LogP contribution in [0.2, 0.25) is 0 Å². The molecular weight excluding hydrogens is 268 g/mol. The van der Waals surface area contributed by atoms with Crippen molar-refractivity contribution in [2.24, 2.45) is 0 Å². The van der Waals surface area contributed by atoms with E-state index in [0.29, 0.717) is 5.56 Å². The van der Waals surface area contributed by atoms with E-state index in [9.17, 15) is 4.79 Å². The molecule has 0 bridgehead atoms. The van der Waals surface area contributed by atoms with Gasteiger partial charge in [-0.25, -0.2) is 4.98 Å². The summed E-state index contributed by atoms with van der Waals surface area (Å²) in [5.74, 6) is 1.20. The first-order chi connectivity index (χ1) is 10.2. The van der Waals surface area contributed by atoms with Crippen LogP contribution < -0.4 is 4.74 Å². The molecule has 0 saturated heterocycles. The van der Waals surface area contributed by atoms with E-state index < -0.39 is 6.61 Å². The van der Waals surface area contributed by atoms with Gasteiger partial charge in [0.05, 0.1) is 18.1 Å². The number of methoxy groups -OCH3 is 1. The SMILES string of the molecule is COc1ccc(-c2nc3ccc(C(=O)CO)cc3[nH]2)cc1. The average molecular weight is 282 g/mol. The van der Waals surface area contributed by atoms with Crippen LogP contribution in [0.4, 0.5) is 0 Å². The van der Waals surface area contributed by atoms with Crippen molar-refractivity contribution in [2.45, 2.75) is 0 Å². The molecule has 0 fully saturated rings. The highest BCUT2D eigenvalue weighted by atomic mass is 16.5. The van der Waals surface area contributed by atoms with Crippen molar-refractivity contribution in [3.05, 3.63) is 48.0 Å². The number of aromatic amines is 1. The number of carbonyl (C=O) groups excluding carboxylic acids is 1. The van der Waals surface area contributed by atoms with Gasteiger partial charge in [0.2, 0.25) is 0 Å². The Morgan fingerprint density at radius 1 is 1.24 bits per heavy atom. The second-order valence-corrected chi connectivity index (χ2v) is 4.63. The van der Waals surface area contributed by atoms with Crippen LogP contribution in [-0.4, -0.2) is 34.6 Å². The lowest BCUT2D eigenvalue weighted by atomic mass is 10.1. The quantitative estimate of drug-likeness (QED) is 0.721. The second kappa shape index (κ2) is 5.38. The summed E-state index contributed by atoms with van der Waals surface area (Å²) in [4.78, 5) is 19.2. The molecule has 0 aliphatic carbocycles. The first kappa shape index (κ1) is 13.3. The van der Waals surface area contributed by atoms with Crippen LogP contribution in [0.1, 0.15) is 10.4 Å². The number of nitrogens with one attached hydrogen (secondary N) is 1. The highest BCUT2D eigenvalue weighted by Gasteiger charge is 2.09. The zero-order valence-electron chi connectivity index (χ0n) is 11.5. The van der Waals surface area contributed by atoms with Gasteiger partial charge in [0, 0.05) is 11.1 Å². The van der Waals surface area contributed by atoms with Gasteiger partial charge in [-0.1, -0.05) is 0 Å². The number of aliphatic hydroxyl groups excluding tert-OH is 1. The van der Waals surface area contributed by atoms with Gasteiger partial charge in [-0.15, -0.1) is 0 Å². The zero-order valence-corrected chi connectivity index (χ0v) is 11.5. The summed E-state index contributed by atoms with van der Waals surface area (Å²) in [6.45, 7) is -0.495. The maximum Gasteiger partial charge on any atom is 0.188 e. The predicted octanol–water partition coefficient (Wildman–Crippen LogP) is 2.41. The molecule has 0 atom stereocenters. The third-order valence-corrected chi connectivity index (χ3v) is 3.31. The minimum absolute atomic E-state index is 0.308. The average Bonchev–Trinajstić information content (AvgIpc) is 2.97. The molecule has 106 valence electrons. The number of aliphatic hydroxyl groups is 1. The Kier molecular flexibility index (Phi) is 3.41. The van der Waals surface area contributed by atoms with E-state index in [1.807, 2.05) is 24.3 Å². The largest absolute Gasteiger partial charge is 0.497 e. The standard InChI is InChI=1S/C16H14N2O3/c1-21-12-5-2-10(3-6-12)16-17-13-7-4-11(15(20)9-19)8-14(13)18-16/h2-8,19H,9H2,1H3,(H,17,18). The molecule has 1 heterocycles. The lowest BCUT2D eigenvalue weighted by Gasteiger charge is -2.00. The molecule has 0 saturated carbocycles. The monoisotopic (exact) mass is 282 g/mol. The Balaban J connectivity index is 2.01. The minimum Gasteiger partial charge on any atom is -0.497 e. The zero-order chi connectivity index (χ0) is 14.8. The van der Waals surface area contributed by atoms with E-state index in [-0.39, 0.29) is 5.78 Å². The Hall–Kier alpha value is -2.66. The summed E-state index contributed by atoms with van der Waals surface area (Å²) >= 11 is 0. The summed E-state index contributed by atoms with van der Waals surface area (Å²) in [5.41, 5.74) is 2.94. The van der Waals surface area contributed by atoms with Gasteiger partial charge in [-0.3, -0.25) is 4.79 Å². The van der Waals surface area contributed by atoms with Crippen LogP contribution in [0.15, 0.2) is 42.5 Å². The Morgan fingerprint density at radius 2 is 2.00 bits per heavy atom. The van der Waals surface area contributed by atoms with E-state index in [1.54, 1.807) is 25.3 Å². The molecule has 0 unspecified atom stereocenters. The number of fused-ring (bicyclic) bond motifs is 1. The molecule has 21 heavy (non-hydrogen) atoms. The van der Waals surface area contributed by atoms with Crippen LogP contribution in [0.3, 0.4) is 0 Å². The molecule has 3 aromatic rings. The van der Waals surface area contributed by atoms with Crippen molar-refractivity contribution in [1.29, 1.82) is 0 Å². The molecular formula is C16H14N2O3. The number of benzene rings is 2. The smallest absolute Gasteiger partial charge is 0.188 e. The second-order valence-electron chi connectivity index (χ2n) is 4.63. The number of hydrogen-bond acceptors (Lipinski definition) is 4. The summed E-state index contributed by atoms with van der Waals surface area (Å²) in [6.07, 6.45) is 0. The first-order valence-corrected chi connectivity index (χ1v) is 6.49. The fourth-order valence-corrected chi connectivity index (χ4v) is 2.16. The molecule has 0 spiro atoms. The summed E-state index contributed by atoms with van der Waals surface area (Å²) < 4.78 is 5.13. The van der Waals surface area contributed by atoms with E-state index in [0.717, 1.165) is 28.2 Å². The molecule has 0 aliphatic heterocycles. The van der Waals surface area contributed by atoms with Crippen molar-refractivity contribution < 1.29 is 14.6 Å². The van der Waals surface area contributed by atoms with Crippen LogP contribution in [0.25, 0.3) is 22.4 Å². The number of nitrogens with zero attached hydrogens (tertiary/aromatic N) is 1. The molecule has 0 amide bonds. The molecule has 2 aromatic carbocycles. The van der Waals surface area contributed by atoms with Crippen molar-refractivity contribution in [3.63, 3.8) is 0 Å². The normalized spacial score (nSPS) is 10.8. The minimum atomic E-state index is -0.495. The highest BCUT2D eigenvalue weighted by molar-refractivity contribution is 5.99. The number of ketones is 1. The number of carbonyl (C=O) groups is 1. The fraction of sp³-hybridized carbons (Fsp3) is 0.125. The van der Waals surface area contributed by atoms with E-state index in [4.69, 9.17) is 9.84 Å². The topological polar surface area (TPSA) is 75.2 Å². The van der Waals surface area contributed by atoms with E-state index in [1.165, 1.54) is 0 Å². The summed E-state index contributed by atoms with van der Waals surface area (Å²) in [6, 6.07) is 12.7. The number of rotatable bonds is 4. The van der Waals surface area contributed by atoms with Gasteiger partial charge < -0.3 is 14.8 Å². The first-order valence-electron chi connectivity index (χ1n) is 6.49. The Bertz CT molecular complexity index is 791. The molecule has 5 nitrogen and oxygen atoms in total. The lowest BCUT2D eigenvalue weighted by molar-refractivity contribution is 0.0904. The lowest BCUT2D eigenvalue weighted by Crippen LogP contribution is -2.03. The van der Waals surface area contributed by atoms with Crippen LogP contribution in [-0.2, 0) is 0 Å². The van der Waals surface area contributed by atoms with Crippen molar-refractivity contribution in [2.75, 3.05) is 13.7 Å². The van der Waals surface area contributed by atoms with Gasteiger partial charge in [0.1, 0.15) is 18.2 Å². The van der Waals surface area contributed by atoms with Gasteiger partial charge in [-0.05, 0) is 42.5 Å². The summed E-state index contributed by atoms with van der Waals surface area (Å²) in [7, 11) is 1.62. The molecule has 0 aliphatic rings. The van der Waals surface area contributed by atoms with Gasteiger partial charge in [0.15, 0.2) is 5.78 Å². The van der Waals surface area contributed by atoms with Crippen molar-refractivity contribution >= 4 is 16.8 Å². The molecule has 2 N–H and O–H groups in total. The van der Waals surface area contributed by atoms with E-state index in [2.05, 4.69) is 9.97 Å². The number of Topliss-reactive ketones (excluding diaryl/α,β-unsaturated/α-hetero) is 1.